The second kappa shape index (κ2) is 11.7. The van der Waals surface area contributed by atoms with Crippen LogP contribution in [-0.4, -0.2) is 52.9 Å². The van der Waals surface area contributed by atoms with Gasteiger partial charge in [0.15, 0.2) is 0 Å². The van der Waals surface area contributed by atoms with Gasteiger partial charge in [0.05, 0.1) is 53.8 Å². The van der Waals surface area contributed by atoms with Crippen LogP contribution in [0.25, 0.3) is 21.5 Å². The lowest BCUT2D eigenvalue weighted by Gasteiger charge is -2.46. The summed E-state index contributed by atoms with van der Waals surface area (Å²) in [6.07, 6.45) is 0. The van der Waals surface area contributed by atoms with Crippen LogP contribution in [0.5, 0.6) is 34.5 Å². The van der Waals surface area contributed by atoms with E-state index in [-0.39, 0.29) is 0 Å². The quantitative estimate of drug-likeness (QED) is 0.184. The molecule has 48 heavy (non-hydrogen) atoms. The topological polar surface area (TPSA) is 95.8 Å². The van der Waals surface area contributed by atoms with Gasteiger partial charge in [0.1, 0.15) is 45.7 Å². The molecule has 0 saturated carbocycles. The van der Waals surface area contributed by atoms with Crippen molar-refractivity contribution in [3.8, 4) is 34.5 Å². The highest BCUT2D eigenvalue weighted by atomic mass is 16.5. The van der Waals surface area contributed by atoms with E-state index in [4.69, 9.17) is 28.4 Å². The second-order valence-corrected chi connectivity index (χ2v) is 11.7. The predicted octanol–water partition coefficient (Wildman–Crippen LogP) is 6.93. The summed E-state index contributed by atoms with van der Waals surface area (Å²) in [5.74, 6) is 2.37. The maximum absolute atomic E-state index is 13.7. The molecule has 0 bridgehead atoms. The third-order valence-corrected chi connectivity index (χ3v) is 9.48. The lowest BCUT2D eigenvalue weighted by atomic mass is 9.62. The fourth-order valence-electron chi connectivity index (χ4n) is 7.23. The molecule has 6 aromatic carbocycles. The normalized spacial score (nSPS) is 18.2. The second-order valence-electron chi connectivity index (χ2n) is 11.7. The van der Waals surface area contributed by atoms with E-state index >= 15 is 0 Å². The van der Waals surface area contributed by atoms with Crippen LogP contribution >= 0.6 is 0 Å². The largest absolute Gasteiger partial charge is 0.496 e. The average molecular weight is 645 g/mol. The molecule has 0 aliphatic heterocycles. The van der Waals surface area contributed by atoms with Crippen LogP contribution < -0.4 is 28.4 Å². The predicted molar refractivity (Wildman–Crippen MR) is 184 cm³/mol. The average Bonchev–Trinajstić information content (AvgIpc) is 3.14. The molecule has 0 heterocycles. The van der Waals surface area contributed by atoms with Crippen molar-refractivity contribution in [3.05, 3.63) is 130 Å². The maximum atomic E-state index is 13.7. The Hall–Kier alpha value is -5.44. The molecule has 1 aliphatic rings. The minimum absolute atomic E-state index is 0.344. The van der Waals surface area contributed by atoms with Crippen molar-refractivity contribution in [2.75, 3.05) is 42.7 Å². The zero-order valence-electron chi connectivity index (χ0n) is 27.6. The van der Waals surface area contributed by atoms with Gasteiger partial charge in [0.2, 0.25) is 0 Å². The standard InChI is InChI=1S/C40H36O8/c1-43-27-19-33(45-3)37(34(20-27)46-4)39(41)29-15-23-11-7-9-13-25(23)17-31(29)40(42,32-18-26-14-10-8-12-24(26)16-30(32)39)38-35(47-5)21-28(44-2)22-36(38)48-6/h7-22,41-42H,1-6H3. The molecule has 8 heteroatoms. The summed E-state index contributed by atoms with van der Waals surface area (Å²) in [6.45, 7) is 0. The minimum Gasteiger partial charge on any atom is -0.496 e. The van der Waals surface area contributed by atoms with Crippen LogP contribution in [0.3, 0.4) is 0 Å². The number of hydrogen-bond donors (Lipinski definition) is 2. The highest BCUT2D eigenvalue weighted by Crippen LogP contribution is 2.60. The first kappa shape index (κ1) is 31.2. The number of methoxy groups -OCH3 is 6. The van der Waals surface area contributed by atoms with Gasteiger partial charge >= 0.3 is 0 Å². The molecule has 0 fully saturated rings. The Balaban J connectivity index is 1.74. The molecular formula is C40H36O8. The van der Waals surface area contributed by atoms with Gasteiger partial charge in [0.25, 0.3) is 0 Å². The molecule has 0 radical (unpaired) electrons. The Morgan fingerprint density at radius 1 is 0.375 bits per heavy atom. The summed E-state index contributed by atoms with van der Waals surface area (Å²) >= 11 is 0. The molecule has 0 spiro atoms. The van der Waals surface area contributed by atoms with Crippen LogP contribution in [0.1, 0.15) is 33.4 Å². The minimum atomic E-state index is -1.90. The van der Waals surface area contributed by atoms with Gasteiger partial charge in [-0.3, -0.25) is 0 Å². The monoisotopic (exact) mass is 644 g/mol. The van der Waals surface area contributed by atoms with Crippen LogP contribution in [-0.2, 0) is 11.2 Å². The number of hydrogen-bond acceptors (Lipinski definition) is 8. The fraction of sp³-hybridized carbons (Fsp3) is 0.200. The molecule has 244 valence electrons. The van der Waals surface area contributed by atoms with Crippen LogP contribution in [0.2, 0.25) is 0 Å². The van der Waals surface area contributed by atoms with Gasteiger partial charge in [-0.15, -0.1) is 0 Å². The summed E-state index contributed by atoms with van der Waals surface area (Å²) < 4.78 is 35.0. The SMILES string of the molecule is COc1cc(OC)c(C2(O)c3cc4ccccc4cc3C(O)(c3c(OC)cc(OC)cc3OC)c3cc4ccccc4cc32)c(OC)c1. The molecule has 0 aromatic heterocycles. The first-order valence-electron chi connectivity index (χ1n) is 15.4. The van der Waals surface area contributed by atoms with E-state index in [0.717, 1.165) is 21.5 Å². The maximum Gasteiger partial charge on any atom is 0.148 e. The molecule has 0 saturated heterocycles. The summed E-state index contributed by atoms with van der Waals surface area (Å²) in [5, 5.41) is 30.8. The lowest BCUT2D eigenvalue weighted by Crippen LogP contribution is -2.45. The molecule has 0 atom stereocenters. The zero-order valence-corrected chi connectivity index (χ0v) is 27.6. The van der Waals surface area contributed by atoms with Gasteiger partial charge in [0, 0.05) is 46.5 Å². The molecular weight excluding hydrogens is 608 g/mol. The number of ether oxygens (including phenoxy) is 6. The molecule has 1 aliphatic carbocycles. The number of fused-ring (bicyclic) bond motifs is 4. The Kier molecular flexibility index (Phi) is 7.58. The first-order valence-corrected chi connectivity index (χ1v) is 15.4. The summed E-state index contributed by atoms with van der Waals surface area (Å²) in [6, 6.07) is 30.2. The van der Waals surface area contributed by atoms with Crippen molar-refractivity contribution in [2.24, 2.45) is 0 Å². The van der Waals surface area contributed by atoms with Crippen LogP contribution in [0, 0.1) is 0 Å². The third kappa shape index (κ3) is 4.37. The molecule has 2 N–H and O–H groups in total. The number of benzene rings is 6. The Morgan fingerprint density at radius 3 is 0.833 bits per heavy atom. The summed E-state index contributed by atoms with van der Waals surface area (Å²) in [4.78, 5) is 0. The fourth-order valence-corrected chi connectivity index (χ4v) is 7.23. The molecule has 6 aromatic rings. The Bertz CT molecular complexity index is 1910. The van der Waals surface area contributed by atoms with Gasteiger partial charge < -0.3 is 38.6 Å². The van der Waals surface area contributed by atoms with E-state index in [9.17, 15) is 10.2 Å². The lowest BCUT2D eigenvalue weighted by molar-refractivity contribution is 0.0691. The van der Waals surface area contributed by atoms with E-state index in [0.29, 0.717) is 67.9 Å². The Morgan fingerprint density at radius 2 is 0.625 bits per heavy atom. The van der Waals surface area contributed by atoms with Crippen molar-refractivity contribution in [1.82, 2.24) is 0 Å². The van der Waals surface area contributed by atoms with Gasteiger partial charge in [-0.25, -0.2) is 0 Å². The van der Waals surface area contributed by atoms with Crippen LogP contribution in [0.15, 0.2) is 97.1 Å². The highest BCUT2D eigenvalue weighted by molar-refractivity contribution is 5.91. The smallest absolute Gasteiger partial charge is 0.148 e. The molecule has 8 nitrogen and oxygen atoms in total. The molecule has 0 amide bonds. The zero-order chi connectivity index (χ0) is 33.8. The van der Waals surface area contributed by atoms with E-state index in [1.54, 1.807) is 38.5 Å². The number of rotatable bonds is 8. The van der Waals surface area contributed by atoms with Crippen molar-refractivity contribution in [2.45, 2.75) is 11.2 Å². The van der Waals surface area contributed by atoms with Crippen molar-refractivity contribution in [3.63, 3.8) is 0 Å². The van der Waals surface area contributed by atoms with Gasteiger partial charge in [-0.1, -0.05) is 48.5 Å². The number of aliphatic hydroxyl groups is 2. The molecule has 0 unspecified atom stereocenters. The highest BCUT2D eigenvalue weighted by Gasteiger charge is 2.55. The third-order valence-electron chi connectivity index (χ3n) is 9.48. The van der Waals surface area contributed by atoms with Crippen molar-refractivity contribution >= 4 is 21.5 Å². The molecule has 7 rings (SSSR count). The first-order chi connectivity index (χ1) is 23.3. The Labute approximate surface area is 278 Å². The van der Waals surface area contributed by atoms with Crippen LogP contribution in [0.4, 0.5) is 0 Å². The van der Waals surface area contributed by atoms with Crippen molar-refractivity contribution in [1.29, 1.82) is 0 Å². The van der Waals surface area contributed by atoms with Gasteiger partial charge in [-0.2, -0.15) is 0 Å². The summed E-state index contributed by atoms with van der Waals surface area (Å²) in [7, 11) is 9.27. The summed E-state index contributed by atoms with van der Waals surface area (Å²) in [5.41, 5.74) is -1.39. The van der Waals surface area contributed by atoms with E-state index in [2.05, 4.69) is 0 Å². The van der Waals surface area contributed by atoms with Crippen molar-refractivity contribution < 1.29 is 38.6 Å². The van der Waals surface area contributed by atoms with E-state index in [1.807, 2.05) is 72.8 Å². The van der Waals surface area contributed by atoms with Gasteiger partial charge in [-0.05, 0) is 45.8 Å². The van der Waals surface area contributed by atoms with E-state index < -0.39 is 11.2 Å². The van der Waals surface area contributed by atoms with E-state index in [1.165, 1.54) is 28.4 Å².